The van der Waals surface area contributed by atoms with E-state index in [-0.39, 0.29) is 12.3 Å². The molecule has 0 aliphatic heterocycles. The lowest BCUT2D eigenvalue weighted by molar-refractivity contribution is -0.120. The highest BCUT2D eigenvalue weighted by Gasteiger charge is 2.04. The number of rotatable bonds is 4. The van der Waals surface area contributed by atoms with E-state index in [9.17, 15) is 4.79 Å². The maximum Gasteiger partial charge on any atom is 0.244 e. The van der Waals surface area contributed by atoms with Crippen LogP contribution in [0.4, 0.5) is 0 Å². The molecule has 1 amide bonds. The monoisotopic (exact) mass is 336 g/mol. The maximum absolute atomic E-state index is 12.0. The lowest BCUT2D eigenvalue weighted by atomic mass is 10.0. The van der Waals surface area contributed by atoms with E-state index >= 15 is 0 Å². The van der Waals surface area contributed by atoms with E-state index in [1.165, 1.54) is 5.39 Å². The Hall–Kier alpha value is -2.65. The van der Waals surface area contributed by atoms with Crippen LogP contribution in [-0.4, -0.2) is 11.6 Å². The van der Waals surface area contributed by atoms with Gasteiger partial charge in [0.25, 0.3) is 0 Å². The number of halogens is 1. The SMILES string of the molecule is CC(=NNC(=O)Cc1ccc(Cl)cc1)c1ccc2ccccc2c1. The second-order valence-corrected chi connectivity index (χ2v) is 6.03. The molecule has 3 aromatic carbocycles. The van der Waals surface area contributed by atoms with Gasteiger partial charge in [0, 0.05) is 5.02 Å². The van der Waals surface area contributed by atoms with Crippen LogP contribution in [0.3, 0.4) is 0 Å². The maximum atomic E-state index is 12.0. The molecule has 0 saturated carbocycles. The lowest BCUT2D eigenvalue weighted by Gasteiger charge is -2.05. The van der Waals surface area contributed by atoms with Gasteiger partial charge in [-0.3, -0.25) is 4.79 Å². The van der Waals surface area contributed by atoms with Gasteiger partial charge in [0.05, 0.1) is 12.1 Å². The zero-order valence-electron chi connectivity index (χ0n) is 13.3. The van der Waals surface area contributed by atoms with E-state index in [1.54, 1.807) is 12.1 Å². The number of benzene rings is 3. The number of hydrogen-bond acceptors (Lipinski definition) is 2. The minimum absolute atomic E-state index is 0.155. The Morgan fingerprint density at radius 1 is 1.00 bits per heavy atom. The van der Waals surface area contributed by atoms with Crippen molar-refractivity contribution in [2.75, 3.05) is 0 Å². The number of hydrogen-bond donors (Lipinski definition) is 1. The van der Waals surface area contributed by atoms with Gasteiger partial charge in [-0.05, 0) is 47.0 Å². The molecular weight excluding hydrogens is 320 g/mol. The number of carbonyl (C=O) groups excluding carboxylic acids is 1. The second kappa shape index (κ2) is 7.28. The van der Waals surface area contributed by atoms with Crippen LogP contribution in [0.1, 0.15) is 18.1 Å². The summed E-state index contributed by atoms with van der Waals surface area (Å²) in [4.78, 5) is 12.0. The van der Waals surface area contributed by atoms with E-state index in [0.29, 0.717) is 5.02 Å². The Labute approximate surface area is 146 Å². The van der Waals surface area contributed by atoms with Crippen molar-refractivity contribution in [3.63, 3.8) is 0 Å². The van der Waals surface area contributed by atoms with Crippen LogP contribution in [0.5, 0.6) is 0 Å². The van der Waals surface area contributed by atoms with Crippen LogP contribution in [0.15, 0.2) is 71.8 Å². The Kier molecular flexibility index (Phi) is 4.92. The van der Waals surface area contributed by atoms with Crippen LogP contribution in [-0.2, 0) is 11.2 Å². The summed E-state index contributed by atoms with van der Waals surface area (Å²) in [5.41, 5.74) is 5.26. The van der Waals surface area contributed by atoms with Crippen molar-refractivity contribution in [2.24, 2.45) is 5.10 Å². The molecule has 0 heterocycles. The van der Waals surface area contributed by atoms with Gasteiger partial charge in [0.15, 0.2) is 0 Å². The lowest BCUT2D eigenvalue weighted by Crippen LogP contribution is -2.21. The van der Waals surface area contributed by atoms with Gasteiger partial charge in [-0.2, -0.15) is 5.10 Å². The summed E-state index contributed by atoms with van der Waals surface area (Å²) in [5, 5.41) is 7.19. The normalized spacial score (nSPS) is 11.5. The van der Waals surface area contributed by atoms with Crippen LogP contribution < -0.4 is 5.43 Å². The average Bonchev–Trinajstić information content (AvgIpc) is 2.61. The van der Waals surface area contributed by atoms with Crippen molar-refractivity contribution in [3.05, 3.63) is 82.9 Å². The van der Waals surface area contributed by atoms with Gasteiger partial charge in [0.2, 0.25) is 5.91 Å². The summed E-state index contributed by atoms with van der Waals surface area (Å²) in [6.45, 7) is 1.88. The first kappa shape index (κ1) is 16.2. The van der Waals surface area contributed by atoms with Gasteiger partial charge < -0.3 is 0 Å². The molecule has 0 radical (unpaired) electrons. The first-order chi connectivity index (χ1) is 11.6. The molecule has 0 saturated heterocycles. The highest BCUT2D eigenvalue weighted by molar-refractivity contribution is 6.30. The first-order valence-electron chi connectivity index (χ1n) is 7.68. The summed E-state index contributed by atoms with van der Waals surface area (Å²) < 4.78 is 0. The quantitative estimate of drug-likeness (QED) is 0.550. The van der Waals surface area contributed by atoms with Gasteiger partial charge in [-0.25, -0.2) is 5.43 Å². The molecule has 3 aromatic rings. The fourth-order valence-corrected chi connectivity index (χ4v) is 2.58. The Morgan fingerprint density at radius 2 is 1.71 bits per heavy atom. The fourth-order valence-electron chi connectivity index (χ4n) is 2.45. The molecule has 1 N–H and O–H groups in total. The predicted molar refractivity (Wildman–Crippen MR) is 99.5 cm³/mol. The smallest absolute Gasteiger partial charge is 0.244 e. The average molecular weight is 337 g/mol. The van der Waals surface area contributed by atoms with E-state index in [4.69, 9.17) is 11.6 Å². The van der Waals surface area contributed by atoms with Crippen molar-refractivity contribution >= 4 is 34.0 Å². The fraction of sp³-hybridized carbons (Fsp3) is 0.100. The molecule has 3 nitrogen and oxygen atoms in total. The van der Waals surface area contributed by atoms with E-state index in [2.05, 4.69) is 34.8 Å². The molecule has 0 spiro atoms. The summed E-state index contributed by atoms with van der Waals surface area (Å²) in [7, 11) is 0. The summed E-state index contributed by atoms with van der Waals surface area (Å²) >= 11 is 5.84. The number of carbonyl (C=O) groups is 1. The van der Waals surface area contributed by atoms with E-state index in [1.807, 2.05) is 37.3 Å². The van der Waals surface area contributed by atoms with Crippen LogP contribution >= 0.6 is 11.6 Å². The zero-order chi connectivity index (χ0) is 16.9. The molecule has 3 rings (SSSR count). The number of nitrogens with zero attached hydrogens (tertiary/aromatic N) is 1. The third kappa shape index (κ3) is 4.00. The first-order valence-corrected chi connectivity index (χ1v) is 8.06. The molecule has 0 fully saturated rings. The largest absolute Gasteiger partial charge is 0.273 e. The summed E-state index contributed by atoms with van der Waals surface area (Å²) in [5.74, 6) is -0.155. The zero-order valence-corrected chi connectivity index (χ0v) is 14.0. The minimum Gasteiger partial charge on any atom is -0.273 e. The van der Waals surface area contributed by atoms with Crippen LogP contribution in [0, 0.1) is 0 Å². The van der Waals surface area contributed by atoms with Crippen LogP contribution in [0.25, 0.3) is 10.8 Å². The highest BCUT2D eigenvalue weighted by atomic mass is 35.5. The van der Waals surface area contributed by atoms with E-state index in [0.717, 1.165) is 22.2 Å². The van der Waals surface area contributed by atoms with Gasteiger partial charge in [0.1, 0.15) is 0 Å². The number of amides is 1. The van der Waals surface area contributed by atoms with Crippen molar-refractivity contribution in [1.29, 1.82) is 0 Å². The molecule has 120 valence electrons. The van der Waals surface area contributed by atoms with E-state index < -0.39 is 0 Å². The van der Waals surface area contributed by atoms with Crippen molar-refractivity contribution in [3.8, 4) is 0 Å². The molecule has 0 aliphatic carbocycles. The Morgan fingerprint density at radius 3 is 2.46 bits per heavy atom. The van der Waals surface area contributed by atoms with Gasteiger partial charge in [-0.15, -0.1) is 0 Å². The Balaban J connectivity index is 1.68. The minimum atomic E-state index is -0.155. The van der Waals surface area contributed by atoms with Crippen LogP contribution in [0.2, 0.25) is 5.02 Å². The predicted octanol–water partition coefficient (Wildman–Crippen LogP) is 4.58. The molecule has 4 heteroatoms. The van der Waals surface area contributed by atoms with Crippen molar-refractivity contribution in [2.45, 2.75) is 13.3 Å². The van der Waals surface area contributed by atoms with Gasteiger partial charge in [-0.1, -0.05) is 60.1 Å². The van der Waals surface area contributed by atoms with Gasteiger partial charge >= 0.3 is 0 Å². The third-order valence-corrected chi connectivity index (χ3v) is 4.05. The molecule has 0 bridgehead atoms. The number of nitrogens with one attached hydrogen (secondary N) is 1. The molecule has 0 aromatic heterocycles. The summed E-state index contributed by atoms with van der Waals surface area (Å²) in [6, 6.07) is 21.5. The standard InChI is InChI=1S/C20H17ClN2O/c1-14(17-9-8-16-4-2-3-5-18(16)13-17)22-23-20(24)12-15-6-10-19(21)11-7-15/h2-11,13H,12H2,1H3,(H,23,24). The highest BCUT2D eigenvalue weighted by Crippen LogP contribution is 2.16. The Bertz CT molecular complexity index is 901. The molecular formula is C20H17ClN2O. The number of hydrazone groups is 1. The molecule has 0 unspecified atom stereocenters. The second-order valence-electron chi connectivity index (χ2n) is 5.60. The number of fused-ring (bicyclic) bond motifs is 1. The van der Waals surface area contributed by atoms with Crippen molar-refractivity contribution in [1.82, 2.24) is 5.43 Å². The summed E-state index contributed by atoms with van der Waals surface area (Å²) in [6.07, 6.45) is 0.270. The molecule has 0 atom stereocenters. The molecule has 24 heavy (non-hydrogen) atoms. The van der Waals surface area contributed by atoms with Crippen molar-refractivity contribution < 1.29 is 4.79 Å². The molecule has 0 aliphatic rings. The topological polar surface area (TPSA) is 41.5 Å². The third-order valence-electron chi connectivity index (χ3n) is 3.79.